The fraction of sp³-hybridized carbons (Fsp3) is 0.667. The molecule has 0 spiro atoms. The van der Waals surface area contributed by atoms with Gasteiger partial charge >= 0.3 is 0 Å². The highest BCUT2D eigenvalue weighted by molar-refractivity contribution is 5.78. The Morgan fingerprint density at radius 3 is 2.81 bits per heavy atom. The lowest BCUT2D eigenvalue weighted by molar-refractivity contribution is -0.132. The highest BCUT2D eigenvalue weighted by Gasteiger charge is 2.18. The maximum Gasteiger partial charge on any atom is 0.260 e. The van der Waals surface area contributed by atoms with Crippen LogP contribution in [0.1, 0.15) is 38.2 Å². The number of hydrogen-bond acceptors (Lipinski definition) is 4. The van der Waals surface area contributed by atoms with Crippen molar-refractivity contribution in [1.29, 1.82) is 0 Å². The minimum absolute atomic E-state index is 0.101. The SMILES string of the molecule is CC1CCCN(CCNCc2ccccc2OCC(=O)N2CCCC2)C1. The second-order valence-corrected chi connectivity index (χ2v) is 7.71. The third-order valence-electron chi connectivity index (χ3n) is 5.44. The number of carbonyl (C=O) groups excluding carboxylic acids is 1. The zero-order valence-corrected chi connectivity index (χ0v) is 16.1. The van der Waals surface area contributed by atoms with E-state index < -0.39 is 0 Å². The van der Waals surface area contributed by atoms with Gasteiger partial charge in [-0.15, -0.1) is 0 Å². The van der Waals surface area contributed by atoms with E-state index >= 15 is 0 Å². The van der Waals surface area contributed by atoms with Crippen molar-refractivity contribution in [1.82, 2.24) is 15.1 Å². The topological polar surface area (TPSA) is 44.8 Å². The molecule has 5 nitrogen and oxygen atoms in total. The Morgan fingerprint density at radius 1 is 1.19 bits per heavy atom. The molecule has 2 fully saturated rings. The Hall–Kier alpha value is -1.59. The second-order valence-electron chi connectivity index (χ2n) is 7.71. The van der Waals surface area contributed by atoms with Crippen molar-refractivity contribution in [3.63, 3.8) is 0 Å². The summed E-state index contributed by atoms with van der Waals surface area (Å²) in [6.07, 6.45) is 4.91. The average molecular weight is 360 g/mol. The first kappa shape index (κ1) is 19.2. The summed E-state index contributed by atoms with van der Waals surface area (Å²) >= 11 is 0. The monoisotopic (exact) mass is 359 g/mol. The number of para-hydroxylation sites is 1. The van der Waals surface area contributed by atoms with Gasteiger partial charge in [-0.2, -0.15) is 0 Å². The molecule has 5 heteroatoms. The zero-order chi connectivity index (χ0) is 18.2. The van der Waals surface area contributed by atoms with E-state index in [1.165, 1.54) is 25.9 Å². The Morgan fingerprint density at radius 2 is 2.00 bits per heavy atom. The summed E-state index contributed by atoms with van der Waals surface area (Å²) in [6, 6.07) is 8.03. The van der Waals surface area contributed by atoms with Crippen LogP contribution in [0.2, 0.25) is 0 Å². The van der Waals surface area contributed by atoms with E-state index in [2.05, 4.69) is 23.2 Å². The lowest BCUT2D eigenvalue weighted by Crippen LogP contribution is -2.38. The van der Waals surface area contributed by atoms with Crippen molar-refractivity contribution in [2.75, 3.05) is 45.9 Å². The summed E-state index contributed by atoms with van der Waals surface area (Å²) < 4.78 is 5.83. The Balaban J connectivity index is 1.41. The third-order valence-corrected chi connectivity index (χ3v) is 5.44. The van der Waals surface area contributed by atoms with Crippen molar-refractivity contribution < 1.29 is 9.53 Å². The van der Waals surface area contributed by atoms with E-state index in [4.69, 9.17) is 4.74 Å². The van der Waals surface area contributed by atoms with Crippen LogP contribution in [0.5, 0.6) is 5.75 Å². The molecule has 0 radical (unpaired) electrons. The van der Waals surface area contributed by atoms with Crippen LogP contribution in [0.4, 0.5) is 0 Å². The zero-order valence-electron chi connectivity index (χ0n) is 16.1. The number of carbonyl (C=O) groups is 1. The van der Waals surface area contributed by atoms with Crippen molar-refractivity contribution in [3.8, 4) is 5.75 Å². The van der Waals surface area contributed by atoms with Gasteiger partial charge in [-0.05, 0) is 44.2 Å². The van der Waals surface area contributed by atoms with Crippen molar-refractivity contribution in [2.45, 2.75) is 39.2 Å². The summed E-state index contributed by atoms with van der Waals surface area (Å²) in [5, 5.41) is 3.53. The molecule has 26 heavy (non-hydrogen) atoms. The van der Waals surface area contributed by atoms with Gasteiger partial charge in [0.05, 0.1) is 0 Å². The summed E-state index contributed by atoms with van der Waals surface area (Å²) in [7, 11) is 0. The predicted molar refractivity (Wildman–Crippen MR) is 104 cm³/mol. The molecule has 1 aromatic rings. The number of hydrogen-bond donors (Lipinski definition) is 1. The molecule has 2 aliphatic rings. The fourth-order valence-corrected chi connectivity index (χ4v) is 3.94. The van der Waals surface area contributed by atoms with Crippen molar-refractivity contribution in [2.24, 2.45) is 5.92 Å². The van der Waals surface area contributed by atoms with E-state index in [9.17, 15) is 4.79 Å². The smallest absolute Gasteiger partial charge is 0.260 e. The first-order valence-electron chi connectivity index (χ1n) is 10.1. The van der Waals surface area contributed by atoms with Gasteiger partial charge in [0, 0.05) is 44.8 Å². The van der Waals surface area contributed by atoms with Gasteiger partial charge in [-0.25, -0.2) is 0 Å². The van der Waals surface area contributed by atoms with Crippen LogP contribution < -0.4 is 10.1 Å². The number of benzene rings is 1. The number of likely N-dealkylation sites (tertiary alicyclic amines) is 2. The van der Waals surface area contributed by atoms with E-state index in [0.717, 1.165) is 62.8 Å². The molecule has 0 aliphatic carbocycles. The quantitative estimate of drug-likeness (QED) is 0.725. The first-order valence-corrected chi connectivity index (χ1v) is 10.1. The summed E-state index contributed by atoms with van der Waals surface area (Å²) in [4.78, 5) is 16.6. The standard InChI is InChI=1S/C21H33N3O2/c1-18-7-6-11-23(16-18)14-10-22-15-19-8-2-3-9-20(19)26-17-21(25)24-12-4-5-13-24/h2-3,8-9,18,22H,4-7,10-17H2,1H3. The number of ether oxygens (including phenoxy) is 1. The molecular formula is C21H33N3O2. The number of amides is 1. The number of nitrogens with one attached hydrogen (secondary N) is 1. The predicted octanol–water partition coefficient (Wildman–Crippen LogP) is 2.51. The Kier molecular flexibility index (Phi) is 7.32. The Labute approximate surface area is 157 Å². The van der Waals surface area contributed by atoms with E-state index in [0.29, 0.717) is 0 Å². The molecule has 1 unspecified atom stereocenters. The van der Waals surface area contributed by atoms with Crippen LogP contribution in [0.3, 0.4) is 0 Å². The van der Waals surface area contributed by atoms with Gasteiger partial charge < -0.3 is 19.9 Å². The van der Waals surface area contributed by atoms with Gasteiger partial charge in [0.2, 0.25) is 0 Å². The third kappa shape index (κ3) is 5.71. The molecular weight excluding hydrogens is 326 g/mol. The van der Waals surface area contributed by atoms with Crippen LogP contribution in [0, 0.1) is 5.92 Å². The molecule has 0 aromatic heterocycles. The van der Waals surface area contributed by atoms with Gasteiger partial charge in [-0.3, -0.25) is 4.79 Å². The lowest BCUT2D eigenvalue weighted by Gasteiger charge is -2.30. The maximum absolute atomic E-state index is 12.2. The van der Waals surface area contributed by atoms with Gasteiger partial charge in [0.1, 0.15) is 5.75 Å². The van der Waals surface area contributed by atoms with Gasteiger partial charge in [-0.1, -0.05) is 25.1 Å². The maximum atomic E-state index is 12.2. The van der Waals surface area contributed by atoms with Crippen LogP contribution >= 0.6 is 0 Å². The van der Waals surface area contributed by atoms with Crippen LogP contribution in [0.15, 0.2) is 24.3 Å². The molecule has 1 amide bonds. The van der Waals surface area contributed by atoms with Crippen molar-refractivity contribution in [3.05, 3.63) is 29.8 Å². The number of piperidine rings is 1. The molecule has 1 N–H and O–H groups in total. The lowest BCUT2D eigenvalue weighted by atomic mass is 10.0. The van der Waals surface area contributed by atoms with E-state index in [1.54, 1.807) is 0 Å². The van der Waals surface area contributed by atoms with Crippen LogP contribution in [-0.4, -0.2) is 61.6 Å². The van der Waals surface area contributed by atoms with Gasteiger partial charge in [0.25, 0.3) is 5.91 Å². The highest BCUT2D eigenvalue weighted by atomic mass is 16.5. The first-order chi connectivity index (χ1) is 12.7. The molecule has 2 aliphatic heterocycles. The Bertz CT molecular complexity index is 572. The summed E-state index contributed by atoms with van der Waals surface area (Å²) in [5.74, 6) is 1.75. The highest BCUT2D eigenvalue weighted by Crippen LogP contribution is 2.18. The molecule has 144 valence electrons. The molecule has 3 rings (SSSR count). The summed E-state index contributed by atoms with van der Waals surface area (Å²) in [5.41, 5.74) is 1.12. The summed E-state index contributed by atoms with van der Waals surface area (Å²) in [6.45, 7) is 9.54. The van der Waals surface area contributed by atoms with Gasteiger partial charge in [0.15, 0.2) is 6.61 Å². The minimum Gasteiger partial charge on any atom is -0.483 e. The molecule has 0 saturated carbocycles. The van der Waals surface area contributed by atoms with Crippen LogP contribution in [-0.2, 0) is 11.3 Å². The van der Waals surface area contributed by atoms with E-state index in [1.807, 2.05) is 23.1 Å². The molecule has 2 heterocycles. The van der Waals surface area contributed by atoms with E-state index in [-0.39, 0.29) is 12.5 Å². The van der Waals surface area contributed by atoms with Crippen molar-refractivity contribution >= 4 is 5.91 Å². The normalized spacial score (nSPS) is 21.1. The molecule has 0 bridgehead atoms. The minimum atomic E-state index is 0.101. The van der Waals surface area contributed by atoms with Crippen LogP contribution in [0.25, 0.3) is 0 Å². The second kappa shape index (κ2) is 9.93. The molecule has 2 saturated heterocycles. The molecule has 1 aromatic carbocycles. The fourth-order valence-electron chi connectivity index (χ4n) is 3.94. The molecule has 1 atom stereocenters. The largest absolute Gasteiger partial charge is 0.483 e. The number of rotatable bonds is 8. The average Bonchev–Trinajstić information content (AvgIpc) is 3.19. The number of nitrogens with zero attached hydrogens (tertiary/aromatic N) is 2.